The number of carbonyl (C=O) groups is 2. The molecule has 1 heterocycles. The van der Waals surface area contributed by atoms with E-state index < -0.39 is 24.0 Å². The number of methoxy groups -OCH3 is 2. The number of carbonyl (C=O) groups excluding carboxylic acids is 2. The second-order valence-corrected chi connectivity index (χ2v) is 5.02. The normalized spacial score (nSPS) is 20.4. The molecule has 0 saturated carbocycles. The summed E-state index contributed by atoms with van der Waals surface area (Å²) in [4.78, 5) is 24.1. The lowest BCUT2D eigenvalue weighted by Crippen LogP contribution is -2.51. The van der Waals surface area contributed by atoms with Crippen molar-refractivity contribution >= 4 is 12.0 Å². The van der Waals surface area contributed by atoms with Gasteiger partial charge in [-0.05, 0) is 17.7 Å². The van der Waals surface area contributed by atoms with Crippen molar-refractivity contribution in [2.75, 3.05) is 27.4 Å². The molecule has 2 rings (SSSR count). The summed E-state index contributed by atoms with van der Waals surface area (Å²) in [5.74, 6) is -0.587. The number of urea groups is 1. The Morgan fingerprint density at radius 3 is 2.78 bits per heavy atom. The molecular weight excluding hydrogens is 300 g/mol. The summed E-state index contributed by atoms with van der Waals surface area (Å²) in [6, 6.07) is 6.15. The van der Waals surface area contributed by atoms with Crippen LogP contribution in [-0.2, 0) is 14.3 Å². The van der Waals surface area contributed by atoms with Crippen molar-refractivity contribution in [2.24, 2.45) is 5.92 Å². The number of ether oxygens (including phenoxy) is 3. The van der Waals surface area contributed by atoms with E-state index in [0.29, 0.717) is 18.1 Å². The van der Waals surface area contributed by atoms with E-state index in [0.717, 1.165) is 5.56 Å². The van der Waals surface area contributed by atoms with E-state index in [1.165, 1.54) is 7.11 Å². The van der Waals surface area contributed by atoms with Gasteiger partial charge in [0.05, 0.1) is 19.8 Å². The average molecular weight is 320 g/mol. The Labute approximate surface area is 134 Å². The maximum Gasteiger partial charge on any atom is 0.319 e. The van der Waals surface area contributed by atoms with Gasteiger partial charge in [0, 0.05) is 12.8 Å². The molecule has 2 N–H and O–H groups in total. The van der Waals surface area contributed by atoms with Gasteiger partial charge < -0.3 is 24.8 Å². The lowest BCUT2D eigenvalue weighted by molar-refractivity contribution is -0.149. The van der Waals surface area contributed by atoms with Crippen LogP contribution in [0.3, 0.4) is 0 Å². The molecule has 1 fully saturated rings. The first-order chi connectivity index (χ1) is 11.1. The number of benzene rings is 1. The summed E-state index contributed by atoms with van der Waals surface area (Å²) in [5, 5.41) is 5.26. The Balaban J connectivity index is 2.25. The van der Waals surface area contributed by atoms with Gasteiger partial charge in [-0.2, -0.15) is 0 Å². The molecule has 7 nitrogen and oxygen atoms in total. The van der Waals surface area contributed by atoms with Crippen LogP contribution >= 0.6 is 0 Å². The number of nitrogens with one attached hydrogen (secondary N) is 2. The van der Waals surface area contributed by atoms with E-state index in [-0.39, 0.29) is 6.61 Å². The van der Waals surface area contributed by atoms with Gasteiger partial charge >= 0.3 is 12.0 Å². The van der Waals surface area contributed by atoms with Crippen LogP contribution in [0.2, 0.25) is 0 Å². The van der Waals surface area contributed by atoms with E-state index in [2.05, 4.69) is 17.2 Å². The summed E-state index contributed by atoms with van der Waals surface area (Å²) in [7, 11) is 3.07. The molecule has 1 aliphatic rings. The highest BCUT2D eigenvalue weighted by molar-refractivity contribution is 5.85. The first-order valence-electron chi connectivity index (χ1n) is 7.12. The fraction of sp³-hybridized carbons (Fsp3) is 0.375. The fourth-order valence-corrected chi connectivity index (χ4v) is 2.39. The first kappa shape index (κ1) is 16.8. The van der Waals surface area contributed by atoms with Crippen molar-refractivity contribution < 1.29 is 23.8 Å². The number of hydrogen-bond donors (Lipinski definition) is 2. The van der Waals surface area contributed by atoms with Gasteiger partial charge in [-0.3, -0.25) is 4.79 Å². The van der Waals surface area contributed by atoms with Gasteiger partial charge in [-0.25, -0.2) is 4.79 Å². The van der Waals surface area contributed by atoms with Crippen LogP contribution in [0.4, 0.5) is 4.79 Å². The number of amides is 2. The zero-order valence-electron chi connectivity index (χ0n) is 13.1. The molecule has 0 aromatic heterocycles. The molecule has 1 aromatic rings. The van der Waals surface area contributed by atoms with Crippen LogP contribution in [0.25, 0.3) is 0 Å². The molecule has 2 atom stereocenters. The largest absolute Gasteiger partial charge is 0.497 e. The van der Waals surface area contributed by atoms with E-state index in [1.807, 2.05) is 6.07 Å². The third kappa shape index (κ3) is 4.01. The molecule has 0 aliphatic carbocycles. The monoisotopic (exact) mass is 320 g/mol. The maximum atomic E-state index is 12.4. The summed E-state index contributed by atoms with van der Waals surface area (Å²) >= 11 is 0. The Bertz CT molecular complexity index is 602. The molecule has 0 spiro atoms. The van der Waals surface area contributed by atoms with Gasteiger partial charge in [0.25, 0.3) is 0 Å². The van der Waals surface area contributed by atoms with Crippen molar-refractivity contribution in [2.45, 2.75) is 6.04 Å². The zero-order valence-corrected chi connectivity index (χ0v) is 13.1. The molecule has 7 heteroatoms. The second kappa shape index (κ2) is 7.64. The van der Waals surface area contributed by atoms with Gasteiger partial charge in [0.15, 0.2) is 0 Å². The van der Waals surface area contributed by atoms with Gasteiger partial charge in [0.2, 0.25) is 0 Å². The molecule has 2 amide bonds. The Kier molecular flexibility index (Phi) is 5.59. The van der Waals surface area contributed by atoms with Crippen LogP contribution in [0.15, 0.2) is 36.5 Å². The molecule has 0 unspecified atom stereocenters. The number of rotatable bonds is 6. The van der Waals surface area contributed by atoms with Crippen molar-refractivity contribution in [3.8, 4) is 5.75 Å². The smallest absolute Gasteiger partial charge is 0.319 e. The van der Waals surface area contributed by atoms with E-state index in [9.17, 15) is 9.59 Å². The summed E-state index contributed by atoms with van der Waals surface area (Å²) < 4.78 is 15.2. The lowest BCUT2D eigenvalue weighted by atomic mass is 9.89. The second-order valence-electron chi connectivity index (χ2n) is 5.02. The van der Waals surface area contributed by atoms with Crippen LogP contribution in [0.5, 0.6) is 5.75 Å². The topological polar surface area (TPSA) is 85.9 Å². The number of hydrogen-bond acceptors (Lipinski definition) is 5. The van der Waals surface area contributed by atoms with Crippen molar-refractivity contribution in [3.05, 3.63) is 42.1 Å². The third-order valence-electron chi connectivity index (χ3n) is 3.51. The van der Waals surface area contributed by atoms with Crippen LogP contribution in [-0.4, -0.2) is 39.4 Å². The molecule has 1 saturated heterocycles. The quantitative estimate of drug-likeness (QED) is 0.611. The molecule has 1 aliphatic heterocycles. The highest BCUT2D eigenvalue weighted by atomic mass is 16.6. The summed E-state index contributed by atoms with van der Waals surface area (Å²) in [6.45, 7) is 4.22. The van der Waals surface area contributed by atoms with E-state index in [4.69, 9.17) is 14.2 Å². The molecule has 0 bridgehead atoms. The highest BCUT2D eigenvalue weighted by Gasteiger charge is 2.39. The minimum absolute atomic E-state index is 0.137. The van der Waals surface area contributed by atoms with Gasteiger partial charge in [-0.1, -0.05) is 18.7 Å². The highest BCUT2D eigenvalue weighted by Crippen LogP contribution is 2.31. The van der Waals surface area contributed by atoms with Crippen molar-refractivity contribution in [3.63, 3.8) is 0 Å². The standard InChI is InChI=1S/C16H20N2O5/c1-10-13(15(19)23-8-7-21-2)14(18-16(20)17-10)11-5-4-6-12(9-11)22-3/h4-6,9,13-14H,1,7-8H2,2-3H3,(H2,17,18,20)/t13-,14+/m1/s1. The predicted octanol–water partition coefficient (Wildman–Crippen LogP) is 1.37. The Morgan fingerprint density at radius 1 is 1.30 bits per heavy atom. The van der Waals surface area contributed by atoms with Crippen LogP contribution in [0.1, 0.15) is 11.6 Å². The molecule has 124 valence electrons. The molecule has 1 aromatic carbocycles. The van der Waals surface area contributed by atoms with Crippen molar-refractivity contribution in [1.82, 2.24) is 10.6 Å². The van der Waals surface area contributed by atoms with Gasteiger partial charge in [-0.15, -0.1) is 0 Å². The number of esters is 1. The van der Waals surface area contributed by atoms with E-state index in [1.54, 1.807) is 25.3 Å². The van der Waals surface area contributed by atoms with Crippen LogP contribution in [0, 0.1) is 5.92 Å². The average Bonchev–Trinajstić information content (AvgIpc) is 2.54. The Hall–Kier alpha value is -2.54. The van der Waals surface area contributed by atoms with Crippen molar-refractivity contribution in [1.29, 1.82) is 0 Å². The first-order valence-corrected chi connectivity index (χ1v) is 7.12. The minimum atomic E-state index is -0.739. The molecule has 0 radical (unpaired) electrons. The zero-order chi connectivity index (χ0) is 16.8. The lowest BCUT2D eigenvalue weighted by Gasteiger charge is -2.33. The SMILES string of the molecule is C=C1NC(=O)N[C@@H](c2cccc(OC)c2)[C@@H]1C(=O)OCCOC. The van der Waals surface area contributed by atoms with E-state index >= 15 is 0 Å². The van der Waals surface area contributed by atoms with Crippen LogP contribution < -0.4 is 15.4 Å². The molecular formula is C16H20N2O5. The minimum Gasteiger partial charge on any atom is -0.497 e. The summed E-state index contributed by atoms with van der Waals surface area (Å²) in [6.07, 6.45) is 0. The van der Waals surface area contributed by atoms with Gasteiger partial charge in [0.1, 0.15) is 18.3 Å². The molecule has 23 heavy (non-hydrogen) atoms. The third-order valence-corrected chi connectivity index (χ3v) is 3.51. The fourth-order valence-electron chi connectivity index (χ4n) is 2.39. The maximum absolute atomic E-state index is 12.4. The predicted molar refractivity (Wildman–Crippen MR) is 82.9 cm³/mol. The Morgan fingerprint density at radius 2 is 2.09 bits per heavy atom. The summed E-state index contributed by atoms with van der Waals surface area (Å²) in [5.41, 5.74) is 1.03.